The number of hydrogen-bond donors (Lipinski definition) is 3. The van der Waals surface area contributed by atoms with Crippen LogP contribution in [0.2, 0.25) is 0 Å². The second-order valence-corrected chi connectivity index (χ2v) is 17.2. The van der Waals surface area contributed by atoms with Gasteiger partial charge in [-0.05, 0) is 114 Å². The van der Waals surface area contributed by atoms with Crippen LogP contribution in [-0.2, 0) is 14.2 Å². The lowest BCUT2D eigenvalue weighted by Crippen LogP contribution is -2.54. The highest BCUT2D eigenvalue weighted by atomic mass is 16.7. The summed E-state index contributed by atoms with van der Waals surface area (Å²) in [5, 5.41) is 12.9. The Morgan fingerprint density at radius 3 is 1.15 bits per heavy atom. The molecule has 1 aliphatic rings. The van der Waals surface area contributed by atoms with Crippen LogP contribution in [0, 0.1) is 11.8 Å². The molecule has 0 aliphatic carbocycles. The first-order valence-corrected chi connectivity index (χ1v) is 22.7. The third-order valence-electron chi connectivity index (χ3n) is 10.2. The predicted octanol–water partition coefficient (Wildman–Crippen LogP) is 12.3. The zero-order valence-electron chi connectivity index (χ0n) is 37.3. The highest BCUT2D eigenvalue weighted by Crippen LogP contribution is 2.42. The van der Waals surface area contributed by atoms with Crippen molar-refractivity contribution >= 4 is 17.1 Å². The van der Waals surface area contributed by atoms with Crippen molar-refractivity contribution in [3.8, 4) is 0 Å². The van der Waals surface area contributed by atoms with Crippen LogP contribution >= 0.6 is 0 Å². The molecule has 1 rings (SSSR count). The fourth-order valence-corrected chi connectivity index (χ4v) is 7.59. The Kier molecular flexibility index (Phi) is 34.4. The van der Waals surface area contributed by atoms with Crippen LogP contribution < -0.4 is 16.3 Å². The zero-order valence-corrected chi connectivity index (χ0v) is 37.3. The standard InChI is InChI=1S/C45H90N6O3.CH4/c1-36(2)49-46-33-27-21-15-11-12-20-26-32-43-44(52-39(7)8)41(30-24-18-13-16-22-28-34-47-50-37(3)4)42(45(54-43)53-40(9)10)31-25-19-14-17-23-29-35-48-51-38(5)6;/h39-48H,11-35H2,1-10H3;1H4/t41?,42?,43?,44-,45-;/m0./s1. The van der Waals surface area contributed by atoms with Crippen molar-refractivity contribution in [2.45, 2.75) is 249 Å². The van der Waals surface area contributed by atoms with Gasteiger partial charge in [-0.2, -0.15) is 15.3 Å². The van der Waals surface area contributed by atoms with Gasteiger partial charge in [-0.15, -0.1) is 0 Å². The second-order valence-electron chi connectivity index (χ2n) is 17.2. The molecule has 1 aliphatic heterocycles. The van der Waals surface area contributed by atoms with Crippen molar-refractivity contribution in [1.82, 2.24) is 16.3 Å². The molecule has 0 aromatic heterocycles. The van der Waals surface area contributed by atoms with Gasteiger partial charge in [0.05, 0.1) is 24.4 Å². The van der Waals surface area contributed by atoms with Gasteiger partial charge in [0.1, 0.15) is 0 Å². The number of hydrazone groups is 3. The first-order valence-electron chi connectivity index (χ1n) is 22.7. The molecule has 0 saturated carbocycles. The minimum atomic E-state index is -0.142. The first kappa shape index (κ1) is 53.3. The van der Waals surface area contributed by atoms with E-state index in [1.807, 2.05) is 41.5 Å². The van der Waals surface area contributed by atoms with Crippen LogP contribution in [0.4, 0.5) is 0 Å². The monoisotopic (exact) mass is 779 g/mol. The topological polar surface area (TPSA) is 101 Å². The van der Waals surface area contributed by atoms with Gasteiger partial charge in [-0.3, -0.25) is 0 Å². The molecule has 0 radical (unpaired) electrons. The van der Waals surface area contributed by atoms with Gasteiger partial charge >= 0.3 is 0 Å². The molecule has 0 aromatic rings. The van der Waals surface area contributed by atoms with E-state index < -0.39 is 0 Å². The maximum Gasteiger partial charge on any atom is 0.161 e. The third kappa shape index (κ3) is 30.1. The third-order valence-corrected chi connectivity index (χ3v) is 10.2. The van der Waals surface area contributed by atoms with Gasteiger partial charge in [0.2, 0.25) is 0 Å². The van der Waals surface area contributed by atoms with Crippen molar-refractivity contribution in [2.24, 2.45) is 27.1 Å². The van der Waals surface area contributed by atoms with Crippen molar-refractivity contribution in [3.05, 3.63) is 0 Å². The van der Waals surface area contributed by atoms with Crippen LogP contribution in [-0.4, -0.2) is 67.5 Å². The lowest BCUT2D eigenvalue weighted by atomic mass is 9.75. The van der Waals surface area contributed by atoms with Crippen molar-refractivity contribution in [1.29, 1.82) is 0 Å². The molecule has 1 heterocycles. The minimum Gasteiger partial charge on any atom is -0.373 e. The number of rotatable bonds is 35. The average molecular weight is 779 g/mol. The molecule has 0 amide bonds. The summed E-state index contributed by atoms with van der Waals surface area (Å²) in [6.45, 7) is 23.9. The quantitative estimate of drug-likeness (QED) is 0.0336. The normalized spacial score (nSPS) is 19.5. The van der Waals surface area contributed by atoms with E-state index in [-0.39, 0.29) is 38.1 Å². The summed E-state index contributed by atoms with van der Waals surface area (Å²) >= 11 is 0. The number of nitrogens with zero attached hydrogens (tertiary/aromatic N) is 3. The summed E-state index contributed by atoms with van der Waals surface area (Å²) in [6, 6.07) is 0. The van der Waals surface area contributed by atoms with Gasteiger partial charge in [-0.1, -0.05) is 110 Å². The summed E-state index contributed by atoms with van der Waals surface area (Å²) < 4.78 is 20.6. The van der Waals surface area contributed by atoms with E-state index in [0.29, 0.717) is 11.8 Å². The van der Waals surface area contributed by atoms with E-state index in [1.165, 1.54) is 128 Å². The summed E-state index contributed by atoms with van der Waals surface area (Å²) in [5.41, 5.74) is 12.8. The summed E-state index contributed by atoms with van der Waals surface area (Å²) in [4.78, 5) is 0. The first-order chi connectivity index (χ1) is 26.0. The molecular weight excluding hydrogens is 685 g/mol. The Morgan fingerprint density at radius 2 is 0.782 bits per heavy atom. The Balaban J connectivity index is 0.0000292. The minimum absolute atomic E-state index is 0. The number of nitrogens with one attached hydrogen (secondary N) is 3. The highest BCUT2D eigenvalue weighted by molar-refractivity contribution is 5.79. The van der Waals surface area contributed by atoms with Gasteiger partial charge in [-0.25, -0.2) is 0 Å². The molecule has 55 heavy (non-hydrogen) atoms. The fraction of sp³-hybridized carbons (Fsp3) is 0.935. The summed E-state index contributed by atoms with van der Waals surface area (Å²) in [5.74, 6) is 0.846. The van der Waals surface area contributed by atoms with E-state index in [4.69, 9.17) is 14.2 Å². The Bertz CT molecular complexity index is 959. The number of unbranched alkanes of at least 4 members (excludes halogenated alkanes) is 16. The maximum absolute atomic E-state index is 7.01. The van der Waals surface area contributed by atoms with Crippen molar-refractivity contribution < 1.29 is 14.2 Å². The van der Waals surface area contributed by atoms with Gasteiger partial charge in [0.15, 0.2) is 6.29 Å². The predicted molar refractivity (Wildman–Crippen MR) is 241 cm³/mol. The molecule has 9 nitrogen and oxygen atoms in total. The number of hydrogen-bond acceptors (Lipinski definition) is 9. The Labute approximate surface area is 342 Å². The summed E-state index contributed by atoms with van der Waals surface area (Å²) in [6.07, 6.45) is 27.8. The molecule has 5 atom stereocenters. The highest BCUT2D eigenvalue weighted by Gasteiger charge is 2.46. The maximum atomic E-state index is 7.01. The van der Waals surface area contributed by atoms with Crippen LogP contribution in [0.5, 0.6) is 0 Å². The molecule has 0 bridgehead atoms. The Hall–Kier alpha value is -1.71. The van der Waals surface area contributed by atoms with Crippen molar-refractivity contribution in [2.75, 3.05) is 19.6 Å². The van der Waals surface area contributed by atoms with Gasteiger partial charge in [0, 0.05) is 42.7 Å². The smallest absolute Gasteiger partial charge is 0.161 e. The van der Waals surface area contributed by atoms with E-state index in [1.54, 1.807) is 0 Å². The molecule has 1 saturated heterocycles. The zero-order chi connectivity index (χ0) is 39.8. The molecule has 3 unspecified atom stereocenters. The fourth-order valence-electron chi connectivity index (χ4n) is 7.59. The molecule has 1 fully saturated rings. The van der Waals surface area contributed by atoms with E-state index >= 15 is 0 Å². The molecule has 9 heteroatoms. The molecule has 326 valence electrons. The van der Waals surface area contributed by atoms with E-state index in [0.717, 1.165) is 49.6 Å². The lowest BCUT2D eigenvalue weighted by Gasteiger charge is -2.48. The van der Waals surface area contributed by atoms with Gasteiger partial charge < -0.3 is 30.5 Å². The molecule has 3 N–H and O–H groups in total. The Morgan fingerprint density at radius 1 is 0.455 bits per heavy atom. The average Bonchev–Trinajstić information content (AvgIpc) is 3.09. The van der Waals surface area contributed by atoms with Gasteiger partial charge in [0.25, 0.3) is 0 Å². The van der Waals surface area contributed by atoms with Crippen LogP contribution in [0.25, 0.3) is 0 Å². The molecular formula is C46H94N6O3. The van der Waals surface area contributed by atoms with E-state index in [2.05, 4.69) is 59.3 Å². The lowest BCUT2D eigenvalue weighted by molar-refractivity contribution is -0.292. The summed E-state index contributed by atoms with van der Waals surface area (Å²) in [7, 11) is 0. The van der Waals surface area contributed by atoms with E-state index in [9.17, 15) is 0 Å². The van der Waals surface area contributed by atoms with Crippen LogP contribution in [0.3, 0.4) is 0 Å². The van der Waals surface area contributed by atoms with Crippen molar-refractivity contribution in [3.63, 3.8) is 0 Å². The van der Waals surface area contributed by atoms with Crippen LogP contribution in [0.1, 0.15) is 218 Å². The number of ether oxygens (including phenoxy) is 3. The molecule has 0 aromatic carbocycles. The van der Waals surface area contributed by atoms with Crippen LogP contribution in [0.15, 0.2) is 15.3 Å². The SMILES string of the molecule is C.CC(C)=NNCCCCCCCCCC1O[C@H](OC(C)C)C(CCCCCCCCNN=C(C)C)C(CCCCCCCCNN=C(C)C)[C@@H]1OC(C)C. The largest absolute Gasteiger partial charge is 0.373 e. The molecule has 0 spiro atoms. The second kappa shape index (κ2) is 35.5.